The summed E-state index contributed by atoms with van der Waals surface area (Å²) in [5.41, 5.74) is 1.78. The van der Waals surface area contributed by atoms with E-state index in [1.807, 2.05) is 18.2 Å². The number of oxazole rings is 1. The molecule has 124 valence electrons. The average molecular weight is 336 g/mol. The van der Waals surface area contributed by atoms with E-state index in [-0.39, 0.29) is 22.9 Å². The number of ether oxygens (including phenoxy) is 1. The number of anilines is 1. The summed E-state index contributed by atoms with van der Waals surface area (Å²) in [6.07, 6.45) is 1.41. The van der Waals surface area contributed by atoms with Crippen LogP contribution in [-0.4, -0.2) is 17.0 Å². The van der Waals surface area contributed by atoms with E-state index < -0.39 is 4.92 Å². The molecule has 0 saturated heterocycles. The summed E-state index contributed by atoms with van der Waals surface area (Å²) in [4.78, 5) is 14.6. The Labute approximate surface area is 142 Å². The van der Waals surface area contributed by atoms with Gasteiger partial charge in [-0.05, 0) is 18.2 Å². The fourth-order valence-corrected chi connectivity index (χ4v) is 2.19. The lowest BCUT2D eigenvalue weighted by Gasteiger charge is -2.07. The van der Waals surface area contributed by atoms with Crippen LogP contribution in [-0.2, 0) is 0 Å². The molecule has 0 spiro atoms. The van der Waals surface area contributed by atoms with Crippen LogP contribution in [0.1, 0.15) is 5.89 Å². The first-order chi connectivity index (χ1) is 12.1. The molecular weight excluding hydrogens is 324 g/mol. The normalized spacial score (nSPS) is 11.1. The summed E-state index contributed by atoms with van der Waals surface area (Å²) >= 11 is 0. The van der Waals surface area contributed by atoms with E-state index in [1.165, 1.54) is 31.5 Å². The van der Waals surface area contributed by atoms with Crippen molar-refractivity contribution in [3.05, 3.63) is 64.7 Å². The van der Waals surface area contributed by atoms with E-state index in [4.69, 9.17) is 9.15 Å². The molecule has 2 aromatic carbocycles. The Morgan fingerprint density at radius 3 is 2.88 bits per heavy atom. The number of non-ortho nitro benzene ring substituents is 1. The van der Waals surface area contributed by atoms with E-state index in [1.54, 1.807) is 12.1 Å². The van der Waals surface area contributed by atoms with Crippen molar-refractivity contribution < 1.29 is 14.1 Å². The van der Waals surface area contributed by atoms with Crippen LogP contribution in [0.3, 0.4) is 0 Å². The first-order valence-electron chi connectivity index (χ1n) is 7.17. The Hall–Kier alpha value is -3.86. The highest BCUT2D eigenvalue weighted by Gasteiger charge is 2.13. The van der Waals surface area contributed by atoms with Crippen molar-refractivity contribution in [2.75, 3.05) is 12.4 Å². The number of nitriles is 1. The summed E-state index contributed by atoms with van der Waals surface area (Å²) < 4.78 is 10.7. The lowest BCUT2D eigenvalue weighted by molar-refractivity contribution is -0.384. The molecule has 0 fully saturated rings. The maximum atomic E-state index is 10.8. The van der Waals surface area contributed by atoms with Crippen molar-refractivity contribution in [3.63, 3.8) is 0 Å². The Balaban J connectivity index is 1.91. The Morgan fingerprint density at radius 2 is 2.20 bits per heavy atom. The molecule has 3 rings (SSSR count). The van der Waals surface area contributed by atoms with Gasteiger partial charge in [0.15, 0.2) is 5.58 Å². The van der Waals surface area contributed by atoms with Gasteiger partial charge in [-0.1, -0.05) is 12.1 Å². The van der Waals surface area contributed by atoms with Crippen molar-refractivity contribution in [1.29, 1.82) is 5.26 Å². The van der Waals surface area contributed by atoms with Gasteiger partial charge in [0.2, 0.25) is 5.89 Å². The van der Waals surface area contributed by atoms with Gasteiger partial charge in [0, 0.05) is 12.3 Å². The van der Waals surface area contributed by atoms with E-state index in [0.29, 0.717) is 16.8 Å². The molecule has 3 aromatic rings. The van der Waals surface area contributed by atoms with Crippen LogP contribution in [0.2, 0.25) is 0 Å². The zero-order chi connectivity index (χ0) is 17.8. The van der Waals surface area contributed by atoms with Gasteiger partial charge >= 0.3 is 0 Å². The molecule has 0 unspecified atom stereocenters. The molecule has 0 aliphatic carbocycles. The van der Waals surface area contributed by atoms with Crippen molar-refractivity contribution in [2.24, 2.45) is 0 Å². The number of nitro groups is 1. The summed E-state index contributed by atoms with van der Waals surface area (Å²) in [6.45, 7) is 0. The molecule has 1 aromatic heterocycles. The third kappa shape index (κ3) is 3.25. The number of fused-ring (bicyclic) bond motifs is 1. The Bertz CT molecular complexity index is 984. The third-order valence-electron chi connectivity index (χ3n) is 3.41. The Kier molecular flexibility index (Phi) is 4.30. The quantitative estimate of drug-likeness (QED) is 0.429. The largest absolute Gasteiger partial charge is 0.494 e. The number of para-hydroxylation sites is 2. The fraction of sp³-hybridized carbons (Fsp3) is 0.0588. The number of allylic oxidation sites excluding steroid dienone is 1. The zero-order valence-corrected chi connectivity index (χ0v) is 13.1. The molecule has 0 aliphatic rings. The van der Waals surface area contributed by atoms with Crippen LogP contribution in [0.15, 0.2) is 53.1 Å². The molecule has 0 saturated carbocycles. The summed E-state index contributed by atoms with van der Waals surface area (Å²) in [7, 11) is 1.40. The Morgan fingerprint density at radius 1 is 1.40 bits per heavy atom. The number of hydrogen-bond acceptors (Lipinski definition) is 7. The first-order valence-corrected chi connectivity index (χ1v) is 7.17. The standard InChI is InChI=1S/C17H12N4O4/c1-24-16-8-12(21(22)23)6-7-13(16)19-10-11(9-18)17-20-14-4-2-3-5-15(14)25-17/h2-8,10,19H,1H3/b11-10-. The van der Waals surface area contributed by atoms with Crippen molar-refractivity contribution in [3.8, 4) is 11.8 Å². The minimum absolute atomic E-state index is 0.0918. The molecule has 25 heavy (non-hydrogen) atoms. The second-order valence-corrected chi connectivity index (χ2v) is 4.94. The zero-order valence-electron chi connectivity index (χ0n) is 13.1. The molecule has 0 aliphatic heterocycles. The first kappa shape index (κ1) is 16.0. The SMILES string of the molecule is COc1cc([N+](=O)[O-])ccc1N/C=C(/C#N)c1nc2ccccc2o1. The number of benzene rings is 2. The van der Waals surface area contributed by atoms with Gasteiger partial charge < -0.3 is 14.5 Å². The van der Waals surface area contributed by atoms with Gasteiger partial charge in [0.05, 0.1) is 23.8 Å². The van der Waals surface area contributed by atoms with Crippen LogP contribution in [0.25, 0.3) is 16.7 Å². The lowest BCUT2D eigenvalue weighted by Crippen LogP contribution is -1.96. The van der Waals surface area contributed by atoms with Gasteiger partial charge in [-0.25, -0.2) is 4.98 Å². The van der Waals surface area contributed by atoms with Crippen molar-refractivity contribution >= 4 is 28.0 Å². The molecule has 8 nitrogen and oxygen atoms in total. The third-order valence-corrected chi connectivity index (χ3v) is 3.41. The maximum absolute atomic E-state index is 10.8. The topological polar surface area (TPSA) is 114 Å². The number of aromatic nitrogens is 1. The number of nitrogens with one attached hydrogen (secondary N) is 1. The lowest BCUT2D eigenvalue weighted by atomic mass is 10.2. The highest BCUT2D eigenvalue weighted by atomic mass is 16.6. The van der Waals surface area contributed by atoms with Crippen LogP contribution >= 0.6 is 0 Å². The number of nitro benzene ring substituents is 1. The molecule has 0 amide bonds. The molecule has 1 N–H and O–H groups in total. The summed E-state index contributed by atoms with van der Waals surface area (Å²) in [6, 6.07) is 13.3. The highest BCUT2D eigenvalue weighted by Crippen LogP contribution is 2.29. The molecule has 0 bridgehead atoms. The van der Waals surface area contributed by atoms with Crippen LogP contribution in [0, 0.1) is 21.4 Å². The van der Waals surface area contributed by atoms with Gasteiger partial charge in [0.1, 0.15) is 22.9 Å². The molecule has 1 heterocycles. The van der Waals surface area contributed by atoms with E-state index in [9.17, 15) is 15.4 Å². The second kappa shape index (κ2) is 6.72. The number of rotatable bonds is 5. The minimum atomic E-state index is -0.513. The predicted octanol–water partition coefficient (Wildman–Crippen LogP) is 3.72. The van der Waals surface area contributed by atoms with Gasteiger partial charge in [-0.2, -0.15) is 5.26 Å². The fourth-order valence-electron chi connectivity index (χ4n) is 2.19. The predicted molar refractivity (Wildman–Crippen MR) is 90.9 cm³/mol. The highest BCUT2D eigenvalue weighted by molar-refractivity contribution is 5.80. The van der Waals surface area contributed by atoms with E-state index in [2.05, 4.69) is 10.3 Å². The second-order valence-electron chi connectivity index (χ2n) is 4.94. The maximum Gasteiger partial charge on any atom is 0.273 e. The van der Waals surface area contributed by atoms with Crippen molar-refractivity contribution in [2.45, 2.75) is 0 Å². The van der Waals surface area contributed by atoms with E-state index >= 15 is 0 Å². The molecular formula is C17H12N4O4. The number of methoxy groups -OCH3 is 1. The molecule has 0 atom stereocenters. The van der Waals surface area contributed by atoms with Crippen LogP contribution in [0.4, 0.5) is 11.4 Å². The minimum Gasteiger partial charge on any atom is -0.494 e. The average Bonchev–Trinajstić information content (AvgIpc) is 3.06. The number of hydrogen-bond donors (Lipinski definition) is 1. The number of nitrogens with zero attached hydrogens (tertiary/aromatic N) is 3. The van der Waals surface area contributed by atoms with Gasteiger partial charge in [-0.15, -0.1) is 0 Å². The molecule has 0 radical (unpaired) electrons. The van der Waals surface area contributed by atoms with Crippen molar-refractivity contribution in [1.82, 2.24) is 4.98 Å². The van der Waals surface area contributed by atoms with Gasteiger partial charge in [0.25, 0.3) is 5.69 Å². The monoisotopic (exact) mass is 336 g/mol. The van der Waals surface area contributed by atoms with Crippen LogP contribution in [0.5, 0.6) is 5.75 Å². The smallest absolute Gasteiger partial charge is 0.273 e. The van der Waals surface area contributed by atoms with Gasteiger partial charge in [-0.3, -0.25) is 10.1 Å². The molecule has 8 heteroatoms. The summed E-state index contributed by atoms with van der Waals surface area (Å²) in [5.74, 6) is 0.456. The summed E-state index contributed by atoms with van der Waals surface area (Å²) in [5, 5.41) is 23.1. The van der Waals surface area contributed by atoms with E-state index in [0.717, 1.165) is 0 Å². The van der Waals surface area contributed by atoms with Crippen LogP contribution < -0.4 is 10.1 Å².